The van der Waals surface area contributed by atoms with Crippen LogP contribution in [0.25, 0.3) is 0 Å². The lowest BCUT2D eigenvalue weighted by Crippen LogP contribution is -2.48. The second-order valence-electron chi connectivity index (χ2n) is 8.03. The lowest BCUT2D eigenvalue weighted by molar-refractivity contribution is -0.136. The number of amides is 2. The molecule has 9 nitrogen and oxygen atoms in total. The average molecular weight is 485 g/mol. The highest BCUT2D eigenvalue weighted by atomic mass is 35.5. The fourth-order valence-electron chi connectivity index (χ4n) is 3.96. The van der Waals surface area contributed by atoms with Crippen LogP contribution in [0.3, 0.4) is 0 Å². The smallest absolute Gasteiger partial charge is 0.405 e. The molecule has 1 aliphatic heterocycles. The van der Waals surface area contributed by atoms with Crippen molar-refractivity contribution in [2.45, 2.75) is 36.3 Å². The monoisotopic (exact) mass is 484 g/mol. The Morgan fingerprint density at radius 2 is 1.91 bits per heavy atom. The van der Waals surface area contributed by atoms with Gasteiger partial charge in [0.15, 0.2) is 9.84 Å². The molecular weight excluding hydrogens is 456 g/mol. The first-order valence-electron chi connectivity index (χ1n) is 10.4. The van der Waals surface area contributed by atoms with Gasteiger partial charge in [-0.2, -0.15) is 5.26 Å². The van der Waals surface area contributed by atoms with E-state index in [4.69, 9.17) is 22.0 Å². The first-order valence-corrected chi connectivity index (χ1v) is 12.3. The molecule has 0 unspecified atom stereocenters. The third-order valence-electron chi connectivity index (χ3n) is 5.75. The number of nitrogens with one attached hydrogen (secondary N) is 1. The number of likely N-dealkylation sites (N-methyl/N-ethyl adjacent to an activating group) is 1. The molecule has 2 fully saturated rings. The maximum Gasteiger partial charge on any atom is 0.405 e. The van der Waals surface area contributed by atoms with Crippen LogP contribution in [-0.4, -0.2) is 80.3 Å². The number of nitriles is 1. The lowest BCUT2D eigenvalue weighted by Gasteiger charge is -2.34. The molecule has 0 bridgehead atoms. The van der Waals surface area contributed by atoms with Gasteiger partial charge in [-0.3, -0.25) is 4.79 Å². The zero-order valence-electron chi connectivity index (χ0n) is 18.3. The Morgan fingerprint density at radius 1 is 1.25 bits per heavy atom. The zero-order chi connectivity index (χ0) is 23.9. The van der Waals surface area contributed by atoms with Gasteiger partial charge in [0.25, 0.3) is 0 Å². The Balaban J connectivity index is 0.000000451. The highest BCUT2D eigenvalue weighted by Crippen LogP contribution is 2.36. The Bertz CT molecular complexity index is 971. The molecule has 2 aliphatic rings. The first-order chi connectivity index (χ1) is 15.1. The standard InChI is InChI=1S/C18H25ClN2O3S.C3H4N2O2/c1-13-11-15(19)4-6-17(13)25(23,24)16-5-3-14(12-16)18(22)21-9-7-20(2)8-10-21;4-1-2-5-3(6)7/h4,6,11,14,16H,3,5,7-10,12H2,1-2H3;5H,2H2,(H,6,7)/t14-,16-;/m1./s1. The van der Waals surface area contributed by atoms with Gasteiger partial charge in [0.2, 0.25) is 5.91 Å². The van der Waals surface area contributed by atoms with E-state index in [-0.39, 0.29) is 18.4 Å². The molecule has 2 atom stereocenters. The number of benzene rings is 1. The number of hydrogen-bond donors (Lipinski definition) is 2. The molecule has 1 saturated carbocycles. The van der Waals surface area contributed by atoms with Gasteiger partial charge in [-0.1, -0.05) is 11.6 Å². The summed E-state index contributed by atoms with van der Waals surface area (Å²) in [5, 5.41) is 17.4. The molecule has 1 aromatic carbocycles. The molecule has 2 amide bonds. The summed E-state index contributed by atoms with van der Waals surface area (Å²) in [5.41, 5.74) is 0.668. The van der Waals surface area contributed by atoms with Crippen LogP contribution in [0.4, 0.5) is 4.79 Å². The minimum atomic E-state index is -3.43. The summed E-state index contributed by atoms with van der Waals surface area (Å²) >= 11 is 5.94. The molecule has 3 rings (SSSR count). The van der Waals surface area contributed by atoms with Gasteiger partial charge in [0, 0.05) is 37.1 Å². The molecule has 11 heteroatoms. The number of halogens is 1. The van der Waals surface area contributed by atoms with Crippen LogP contribution in [-0.2, 0) is 14.6 Å². The number of carbonyl (C=O) groups excluding carboxylic acids is 1. The minimum absolute atomic E-state index is 0.124. The maximum atomic E-state index is 13.0. The van der Waals surface area contributed by atoms with E-state index in [0.29, 0.717) is 34.7 Å². The van der Waals surface area contributed by atoms with Crippen LogP contribution in [0.5, 0.6) is 0 Å². The molecule has 32 heavy (non-hydrogen) atoms. The fourth-order valence-corrected chi connectivity index (χ4v) is 6.24. The number of piperazine rings is 1. The first kappa shape index (κ1) is 25.9. The van der Waals surface area contributed by atoms with Crippen molar-refractivity contribution in [2.75, 3.05) is 39.8 Å². The van der Waals surface area contributed by atoms with Crippen LogP contribution < -0.4 is 5.32 Å². The number of nitrogens with zero attached hydrogens (tertiary/aromatic N) is 3. The lowest BCUT2D eigenvalue weighted by atomic mass is 10.1. The van der Waals surface area contributed by atoms with Crippen molar-refractivity contribution in [3.63, 3.8) is 0 Å². The van der Waals surface area contributed by atoms with Crippen molar-refractivity contribution >= 4 is 33.4 Å². The van der Waals surface area contributed by atoms with Gasteiger partial charge >= 0.3 is 6.09 Å². The molecule has 1 saturated heterocycles. The molecule has 1 heterocycles. The predicted octanol–water partition coefficient (Wildman–Crippen LogP) is 2.14. The Labute approximate surface area is 193 Å². The number of aryl methyl sites for hydroxylation is 1. The van der Waals surface area contributed by atoms with Gasteiger partial charge in [0.1, 0.15) is 6.54 Å². The summed E-state index contributed by atoms with van der Waals surface area (Å²) < 4.78 is 26.0. The van der Waals surface area contributed by atoms with Crippen LogP contribution in [0.15, 0.2) is 23.1 Å². The van der Waals surface area contributed by atoms with Crippen molar-refractivity contribution in [3.8, 4) is 6.07 Å². The average Bonchev–Trinajstić information content (AvgIpc) is 3.23. The molecule has 0 radical (unpaired) electrons. The molecule has 1 aromatic rings. The summed E-state index contributed by atoms with van der Waals surface area (Å²) in [4.78, 5) is 26.7. The maximum absolute atomic E-state index is 13.0. The molecule has 1 aliphatic carbocycles. The summed E-state index contributed by atoms with van der Waals surface area (Å²) in [6, 6.07) is 6.48. The second kappa shape index (κ2) is 11.5. The highest BCUT2D eigenvalue weighted by Gasteiger charge is 2.40. The minimum Gasteiger partial charge on any atom is -0.465 e. The summed E-state index contributed by atoms with van der Waals surface area (Å²) in [5.74, 6) is -0.0468. The second-order valence-corrected chi connectivity index (χ2v) is 10.7. The molecule has 0 spiro atoms. The van der Waals surface area contributed by atoms with E-state index >= 15 is 0 Å². The van der Waals surface area contributed by atoms with Crippen molar-refractivity contribution in [1.29, 1.82) is 5.26 Å². The van der Waals surface area contributed by atoms with E-state index in [1.807, 2.05) is 10.2 Å². The number of rotatable bonds is 4. The van der Waals surface area contributed by atoms with E-state index < -0.39 is 21.2 Å². The van der Waals surface area contributed by atoms with Crippen LogP contribution in [0.2, 0.25) is 5.02 Å². The third kappa shape index (κ3) is 6.82. The van der Waals surface area contributed by atoms with Gasteiger partial charge in [0.05, 0.1) is 16.2 Å². The van der Waals surface area contributed by atoms with E-state index in [0.717, 1.165) is 26.2 Å². The summed E-state index contributed by atoms with van der Waals surface area (Å²) in [6.07, 6.45) is 0.466. The molecule has 176 valence electrons. The summed E-state index contributed by atoms with van der Waals surface area (Å²) in [6.45, 7) is 4.85. The van der Waals surface area contributed by atoms with Crippen molar-refractivity contribution in [2.24, 2.45) is 5.92 Å². The Hall–Kier alpha value is -2.35. The van der Waals surface area contributed by atoms with Crippen molar-refractivity contribution in [3.05, 3.63) is 28.8 Å². The molecular formula is C21H29ClN4O5S. The van der Waals surface area contributed by atoms with Crippen molar-refractivity contribution < 1.29 is 23.1 Å². The topological polar surface area (TPSA) is 131 Å². The van der Waals surface area contributed by atoms with Gasteiger partial charge < -0.3 is 20.2 Å². The number of sulfone groups is 1. The van der Waals surface area contributed by atoms with E-state index in [1.54, 1.807) is 31.2 Å². The van der Waals surface area contributed by atoms with Crippen molar-refractivity contribution in [1.82, 2.24) is 15.1 Å². The van der Waals surface area contributed by atoms with Crippen LogP contribution in [0.1, 0.15) is 24.8 Å². The Kier molecular flexibility index (Phi) is 9.31. The fraction of sp³-hybridized carbons (Fsp3) is 0.571. The van der Waals surface area contributed by atoms with Crippen LogP contribution >= 0.6 is 11.6 Å². The SMILES string of the molecule is Cc1cc(Cl)ccc1S(=O)(=O)[C@@H]1CC[C@@H](C(=O)N2CCN(C)CC2)C1.N#CCNC(=O)O. The number of carbonyl (C=O) groups is 2. The third-order valence-corrected chi connectivity index (χ3v) is 8.36. The van der Waals surface area contributed by atoms with Gasteiger partial charge in [-0.25, -0.2) is 13.2 Å². The normalized spacial score (nSPS) is 21.2. The number of hydrogen-bond acceptors (Lipinski definition) is 6. The summed E-state index contributed by atoms with van der Waals surface area (Å²) in [7, 11) is -1.38. The predicted molar refractivity (Wildman–Crippen MR) is 120 cm³/mol. The molecule has 0 aromatic heterocycles. The van der Waals surface area contributed by atoms with Gasteiger partial charge in [-0.15, -0.1) is 0 Å². The van der Waals surface area contributed by atoms with E-state index in [9.17, 15) is 18.0 Å². The van der Waals surface area contributed by atoms with E-state index in [2.05, 4.69) is 11.9 Å². The molecule has 2 N–H and O–H groups in total. The largest absolute Gasteiger partial charge is 0.465 e. The highest BCUT2D eigenvalue weighted by molar-refractivity contribution is 7.92. The quantitative estimate of drug-likeness (QED) is 0.626. The zero-order valence-corrected chi connectivity index (χ0v) is 19.8. The van der Waals surface area contributed by atoms with E-state index in [1.165, 1.54) is 0 Å². The van der Waals surface area contributed by atoms with Gasteiger partial charge in [-0.05, 0) is 57.0 Å². The Morgan fingerprint density at radius 3 is 2.44 bits per heavy atom. The number of carboxylic acid groups (broad SMARTS) is 1. The van der Waals surface area contributed by atoms with Crippen LogP contribution in [0, 0.1) is 24.2 Å².